The SMILES string of the molecule is CCc1c2c(nc3sc(CN4CCOCC4)c(N)c13)CC(C)(C)CC2=O. The Morgan fingerprint density at radius 2 is 2.00 bits per heavy atom. The highest BCUT2D eigenvalue weighted by atomic mass is 32.1. The van der Waals surface area contributed by atoms with Gasteiger partial charge in [0.2, 0.25) is 0 Å². The van der Waals surface area contributed by atoms with E-state index in [0.29, 0.717) is 6.42 Å². The van der Waals surface area contributed by atoms with Crippen LogP contribution in [-0.2, 0) is 24.1 Å². The number of ketones is 1. The first-order valence-corrected chi connectivity index (χ1v) is 10.3. The van der Waals surface area contributed by atoms with Crippen LogP contribution in [0.5, 0.6) is 0 Å². The summed E-state index contributed by atoms with van der Waals surface area (Å²) < 4.78 is 5.44. The Labute approximate surface area is 158 Å². The van der Waals surface area contributed by atoms with E-state index in [1.165, 1.54) is 0 Å². The predicted octanol–water partition coefficient (Wildman–Crippen LogP) is 3.43. The first-order chi connectivity index (χ1) is 12.4. The Bertz CT molecular complexity index is 866. The minimum absolute atomic E-state index is 0.0186. The van der Waals surface area contributed by atoms with Gasteiger partial charge in [0, 0.05) is 41.9 Å². The molecule has 6 heteroatoms. The molecule has 0 atom stereocenters. The Morgan fingerprint density at radius 3 is 2.69 bits per heavy atom. The van der Waals surface area contributed by atoms with E-state index < -0.39 is 0 Å². The largest absolute Gasteiger partial charge is 0.397 e. The van der Waals surface area contributed by atoms with Crippen molar-refractivity contribution in [3.05, 3.63) is 21.7 Å². The molecule has 1 aliphatic heterocycles. The number of morpholine rings is 1. The zero-order valence-corrected chi connectivity index (χ0v) is 16.7. The number of thiophene rings is 1. The number of carbonyl (C=O) groups is 1. The van der Waals surface area contributed by atoms with Gasteiger partial charge in [-0.3, -0.25) is 9.69 Å². The lowest BCUT2D eigenvalue weighted by Crippen LogP contribution is -2.35. The van der Waals surface area contributed by atoms with Crippen LogP contribution in [0.2, 0.25) is 0 Å². The lowest BCUT2D eigenvalue weighted by atomic mass is 9.74. The summed E-state index contributed by atoms with van der Waals surface area (Å²) in [5.74, 6) is 0.225. The van der Waals surface area contributed by atoms with E-state index in [9.17, 15) is 4.79 Å². The highest BCUT2D eigenvalue weighted by molar-refractivity contribution is 7.19. The summed E-state index contributed by atoms with van der Waals surface area (Å²) >= 11 is 1.69. The number of hydrogen-bond donors (Lipinski definition) is 1. The summed E-state index contributed by atoms with van der Waals surface area (Å²) in [6.45, 7) is 10.7. The van der Waals surface area contributed by atoms with E-state index in [1.54, 1.807) is 11.3 Å². The van der Waals surface area contributed by atoms with Gasteiger partial charge in [-0.05, 0) is 23.8 Å². The van der Waals surface area contributed by atoms with Crippen LogP contribution in [0.4, 0.5) is 5.69 Å². The van der Waals surface area contributed by atoms with Crippen molar-refractivity contribution in [2.24, 2.45) is 5.41 Å². The smallest absolute Gasteiger partial charge is 0.165 e. The van der Waals surface area contributed by atoms with E-state index >= 15 is 0 Å². The lowest BCUT2D eigenvalue weighted by Gasteiger charge is -2.30. The Balaban J connectivity index is 1.82. The molecule has 1 saturated heterocycles. The molecule has 0 saturated carbocycles. The molecule has 5 nitrogen and oxygen atoms in total. The third-order valence-electron chi connectivity index (χ3n) is 5.52. The van der Waals surface area contributed by atoms with Crippen LogP contribution < -0.4 is 5.73 Å². The van der Waals surface area contributed by atoms with Crippen LogP contribution >= 0.6 is 11.3 Å². The van der Waals surface area contributed by atoms with Gasteiger partial charge < -0.3 is 10.5 Å². The number of nitrogen functional groups attached to an aromatic ring is 1. The molecule has 2 aromatic heterocycles. The van der Waals surface area contributed by atoms with Crippen molar-refractivity contribution in [3.8, 4) is 0 Å². The van der Waals surface area contributed by atoms with Gasteiger partial charge in [0.05, 0.1) is 24.6 Å². The topological polar surface area (TPSA) is 68.5 Å². The molecule has 0 spiro atoms. The van der Waals surface area contributed by atoms with Crippen molar-refractivity contribution in [2.45, 2.75) is 46.6 Å². The van der Waals surface area contributed by atoms with Gasteiger partial charge in [-0.15, -0.1) is 11.3 Å². The average Bonchev–Trinajstić information content (AvgIpc) is 2.88. The molecule has 2 aromatic rings. The van der Waals surface area contributed by atoms with Crippen molar-refractivity contribution < 1.29 is 9.53 Å². The molecule has 140 valence electrons. The molecule has 0 unspecified atom stereocenters. The van der Waals surface area contributed by atoms with Gasteiger partial charge >= 0.3 is 0 Å². The quantitative estimate of drug-likeness (QED) is 0.893. The molecule has 26 heavy (non-hydrogen) atoms. The fourth-order valence-electron chi connectivity index (χ4n) is 4.25. The number of aromatic nitrogens is 1. The predicted molar refractivity (Wildman–Crippen MR) is 106 cm³/mol. The highest BCUT2D eigenvalue weighted by Gasteiger charge is 2.35. The molecular formula is C20H27N3O2S. The summed E-state index contributed by atoms with van der Waals surface area (Å²) in [7, 11) is 0. The number of carbonyl (C=O) groups excluding carboxylic acids is 1. The van der Waals surface area contributed by atoms with Crippen molar-refractivity contribution in [1.29, 1.82) is 0 Å². The van der Waals surface area contributed by atoms with Gasteiger partial charge in [-0.1, -0.05) is 20.8 Å². The molecule has 0 radical (unpaired) electrons. The first-order valence-electron chi connectivity index (χ1n) is 9.45. The standard InChI is InChI=1S/C20H27N3O2S/c1-4-12-16-13(9-20(2,3)10-14(16)24)22-19-17(12)18(21)15(26-19)11-23-5-7-25-8-6-23/h4-11,21H2,1-3H3. The second-order valence-corrected chi connectivity index (χ2v) is 9.30. The zero-order chi connectivity index (χ0) is 18.5. The molecule has 1 aliphatic carbocycles. The maximum Gasteiger partial charge on any atom is 0.165 e. The summed E-state index contributed by atoms with van der Waals surface area (Å²) in [5.41, 5.74) is 10.3. The Kier molecular flexibility index (Phi) is 4.53. The monoisotopic (exact) mass is 373 g/mol. The number of hydrogen-bond acceptors (Lipinski definition) is 6. The van der Waals surface area contributed by atoms with Gasteiger partial charge in [0.15, 0.2) is 5.78 Å². The van der Waals surface area contributed by atoms with Crippen LogP contribution in [0.1, 0.15) is 53.7 Å². The number of Topliss-reactive ketones (excluding diaryl/α,β-unsaturated/α-hetero) is 1. The maximum absolute atomic E-state index is 12.9. The lowest BCUT2D eigenvalue weighted by molar-refractivity contribution is 0.0347. The van der Waals surface area contributed by atoms with Crippen LogP contribution in [0.15, 0.2) is 0 Å². The first kappa shape index (κ1) is 17.9. The van der Waals surface area contributed by atoms with Crippen LogP contribution in [0, 0.1) is 5.41 Å². The van der Waals surface area contributed by atoms with Crippen LogP contribution in [0.3, 0.4) is 0 Å². The molecule has 0 aromatic carbocycles. The normalized spacial score (nSPS) is 20.5. The number of pyridine rings is 1. The number of nitrogens with two attached hydrogens (primary N) is 1. The Hall–Kier alpha value is -1.50. The number of rotatable bonds is 3. The van der Waals surface area contributed by atoms with E-state index in [-0.39, 0.29) is 11.2 Å². The summed E-state index contributed by atoms with van der Waals surface area (Å²) in [5, 5.41) is 1.02. The summed E-state index contributed by atoms with van der Waals surface area (Å²) in [6, 6.07) is 0. The van der Waals surface area contributed by atoms with Crippen molar-refractivity contribution >= 4 is 33.0 Å². The second-order valence-electron chi connectivity index (χ2n) is 8.21. The van der Waals surface area contributed by atoms with Crippen molar-refractivity contribution in [3.63, 3.8) is 0 Å². The number of fused-ring (bicyclic) bond motifs is 2. The second kappa shape index (κ2) is 6.59. The summed E-state index contributed by atoms with van der Waals surface area (Å²) in [6.07, 6.45) is 2.25. The number of anilines is 1. The summed E-state index contributed by atoms with van der Waals surface area (Å²) in [4.78, 5) is 22.3. The molecular weight excluding hydrogens is 346 g/mol. The Morgan fingerprint density at radius 1 is 1.27 bits per heavy atom. The van der Waals surface area contributed by atoms with Gasteiger partial charge in [0.1, 0.15) is 4.83 Å². The minimum atomic E-state index is -0.0186. The highest BCUT2D eigenvalue weighted by Crippen LogP contribution is 2.42. The number of ether oxygens (including phenoxy) is 1. The van der Waals surface area contributed by atoms with Crippen molar-refractivity contribution in [2.75, 3.05) is 32.0 Å². The van der Waals surface area contributed by atoms with E-state index in [0.717, 1.165) is 83.3 Å². The molecule has 4 rings (SSSR count). The third kappa shape index (κ3) is 3.04. The average molecular weight is 374 g/mol. The molecule has 0 bridgehead atoms. The van der Waals surface area contributed by atoms with Crippen LogP contribution in [0.25, 0.3) is 10.2 Å². The van der Waals surface area contributed by atoms with Gasteiger partial charge in [-0.25, -0.2) is 4.98 Å². The fraction of sp³-hybridized carbons (Fsp3) is 0.600. The van der Waals surface area contributed by atoms with Crippen LogP contribution in [-0.4, -0.2) is 42.0 Å². The zero-order valence-electron chi connectivity index (χ0n) is 15.9. The molecule has 3 heterocycles. The molecule has 2 aliphatic rings. The number of nitrogens with zero attached hydrogens (tertiary/aromatic N) is 2. The molecule has 0 amide bonds. The third-order valence-corrected chi connectivity index (χ3v) is 6.60. The fourth-order valence-corrected chi connectivity index (χ4v) is 5.44. The molecule has 2 N–H and O–H groups in total. The molecule has 1 fully saturated rings. The van der Waals surface area contributed by atoms with E-state index in [1.807, 2.05) is 0 Å². The van der Waals surface area contributed by atoms with Crippen molar-refractivity contribution in [1.82, 2.24) is 9.88 Å². The number of aryl methyl sites for hydroxylation is 1. The maximum atomic E-state index is 12.9. The van der Waals surface area contributed by atoms with Gasteiger partial charge in [0.25, 0.3) is 0 Å². The van der Waals surface area contributed by atoms with E-state index in [4.69, 9.17) is 15.5 Å². The van der Waals surface area contributed by atoms with E-state index in [2.05, 4.69) is 25.7 Å². The van der Waals surface area contributed by atoms with Gasteiger partial charge in [-0.2, -0.15) is 0 Å². The minimum Gasteiger partial charge on any atom is -0.397 e.